The Bertz CT molecular complexity index is 625. The van der Waals surface area contributed by atoms with E-state index in [0.717, 1.165) is 23.9 Å². The lowest BCUT2D eigenvalue weighted by Crippen LogP contribution is -2.05. The average Bonchev–Trinajstić information content (AvgIpc) is 2.37. The Morgan fingerprint density at radius 2 is 1.90 bits per heavy atom. The van der Waals surface area contributed by atoms with Crippen molar-refractivity contribution in [2.24, 2.45) is 0 Å². The van der Waals surface area contributed by atoms with Crippen molar-refractivity contribution in [3.63, 3.8) is 0 Å². The number of halogens is 4. The summed E-state index contributed by atoms with van der Waals surface area (Å²) >= 11 is 0.973. The fraction of sp³-hybridized carbons (Fsp3) is 0.0769. The number of nitrogens with zero attached hydrogens (tertiary/aromatic N) is 1. The Morgan fingerprint density at radius 3 is 2.45 bits per heavy atom. The van der Waals surface area contributed by atoms with Crippen molar-refractivity contribution in [1.82, 2.24) is 4.98 Å². The van der Waals surface area contributed by atoms with Gasteiger partial charge in [0, 0.05) is 16.7 Å². The van der Waals surface area contributed by atoms with Gasteiger partial charge in [0.15, 0.2) is 0 Å². The molecule has 0 amide bonds. The van der Waals surface area contributed by atoms with Gasteiger partial charge in [-0.2, -0.15) is 13.2 Å². The third-order valence-corrected chi connectivity index (χ3v) is 3.24. The number of carbonyl (C=O) groups excluding carboxylic acids is 1. The van der Waals surface area contributed by atoms with Gasteiger partial charge in [-0.15, -0.1) is 0 Å². The molecule has 0 bridgehead atoms. The van der Waals surface area contributed by atoms with Gasteiger partial charge in [0.1, 0.15) is 17.1 Å². The van der Waals surface area contributed by atoms with Crippen LogP contribution in [-0.4, -0.2) is 11.3 Å². The van der Waals surface area contributed by atoms with E-state index in [9.17, 15) is 22.4 Å². The topological polar surface area (TPSA) is 30.0 Å². The minimum absolute atomic E-state index is 0.152. The summed E-state index contributed by atoms with van der Waals surface area (Å²) in [4.78, 5) is 14.6. The first-order valence-corrected chi connectivity index (χ1v) is 6.17. The molecule has 0 N–H and O–H groups in total. The van der Waals surface area contributed by atoms with Gasteiger partial charge in [0.25, 0.3) is 0 Å². The molecule has 0 aliphatic heterocycles. The lowest BCUT2D eigenvalue weighted by atomic mass is 10.2. The van der Waals surface area contributed by atoms with E-state index in [1.165, 1.54) is 18.2 Å². The summed E-state index contributed by atoms with van der Waals surface area (Å²) in [6.45, 7) is 0. The summed E-state index contributed by atoms with van der Waals surface area (Å²) in [5, 5.41) is 0.278. The van der Waals surface area contributed by atoms with Crippen LogP contribution >= 0.6 is 11.8 Å². The maximum Gasteiger partial charge on any atom is 0.417 e. The van der Waals surface area contributed by atoms with Crippen molar-refractivity contribution in [1.29, 1.82) is 0 Å². The predicted octanol–water partition coefficient (Wildman–Crippen LogP) is 4.20. The maximum atomic E-state index is 13.2. The van der Waals surface area contributed by atoms with Gasteiger partial charge >= 0.3 is 6.18 Å². The van der Waals surface area contributed by atoms with E-state index >= 15 is 0 Å². The first-order valence-electron chi connectivity index (χ1n) is 5.35. The Labute approximate surface area is 115 Å². The molecule has 0 radical (unpaired) electrons. The molecule has 7 heteroatoms. The van der Waals surface area contributed by atoms with Gasteiger partial charge < -0.3 is 0 Å². The van der Waals surface area contributed by atoms with Crippen LogP contribution in [0.1, 0.15) is 15.9 Å². The van der Waals surface area contributed by atoms with Crippen LogP contribution < -0.4 is 0 Å². The van der Waals surface area contributed by atoms with Crippen LogP contribution in [0.3, 0.4) is 0 Å². The van der Waals surface area contributed by atoms with E-state index in [-0.39, 0.29) is 10.6 Å². The van der Waals surface area contributed by atoms with Crippen LogP contribution in [0.5, 0.6) is 0 Å². The second kappa shape index (κ2) is 5.62. The zero-order chi connectivity index (χ0) is 14.8. The Morgan fingerprint density at radius 1 is 1.15 bits per heavy atom. The number of rotatable bonds is 3. The van der Waals surface area contributed by atoms with Crippen molar-refractivity contribution in [2.75, 3.05) is 0 Å². The number of hydrogen-bond acceptors (Lipinski definition) is 3. The SMILES string of the molecule is O=Cc1cc(F)cc(Sc2ccc(C(F)(F)F)cn2)c1. The highest BCUT2D eigenvalue weighted by Crippen LogP contribution is 2.31. The molecule has 0 saturated heterocycles. The standard InChI is InChI=1S/C13H7F4NOS/c14-10-3-8(7-19)4-11(5-10)20-12-2-1-9(6-18-12)13(15,16)17/h1-7H. The zero-order valence-electron chi connectivity index (χ0n) is 9.82. The fourth-order valence-electron chi connectivity index (χ4n) is 1.44. The summed E-state index contributed by atoms with van der Waals surface area (Å²) < 4.78 is 50.3. The molecular formula is C13H7F4NOS. The van der Waals surface area contributed by atoms with E-state index in [0.29, 0.717) is 17.4 Å². The van der Waals surface area contributed by atoms with E-state index in [1.807, 2.05) is 0 Å². The average molecular weight is 301 g/mol. The molecule has 2 rings (SSSR count). The lowest BCUT2D eigenvalue weighted by molar-refractivity contribution is -0.137. The fourth-order valence-corrected chi connectivity index (χ4v) is 2.29. The third-order valence-electron chi connectivity index (χ3n) is 2.32. The Balaban J connectivity index is 2.22. The van der Waals surface area contributed by atoms with Crippen molar-refractivity contribution in [3.8, 4) is 0 Å². The highest BCUT2D eigenvalue weighted by Gasteiger charge is 2.30. The van der Waals surface area contributed by atoms with E-state index in [2.05, 4.69) is 4.98 Å². The van der Waals surface area contributed by atoms with Gasteiger partial charge in [-0.25, -0.2) is 9.37 Å². The number of aromatic nitrogens is 1. The number of pyridine rings is 1. The third kappa shape index (κ3) is 3.57. The van der Waals surface area contributed by atoms with Crippen molar-refractivity contribution >= 4 is 18.0 Å². The summed E-state index contributed by atoms with van der Waals surface area (Å²) in [6.07, 6.45) is -3.24. The molecule has 1 aromatic carbocycles. The number of aldehydes is 1. The van der Waals surface area contributed by atoms with Gasteiger partial charge in [0.2, 0.25) is 0 Å². The van der Waals surface area contributed by atoms with Gasteiger partial charge in [-0.1, -0.05) is 11.8 Å². The predicted molar refractivity (Wildman–Crippen MR) is 65.1 cm³/mol. The van der Waals surface area contributed by atoms with Crippen LogP contribution in [0.25, 0.3) is 0 Å². The Kier molecular flexibility index (Phi) is 4.08. The monoisotopic (exact) mass is 301 g/mol. The number of carbonyl (C=O) groups is 1. The molecule has 2 nitrogen and oxygen atoms in total. The minimum Gasteiger partial charge on any atom is -0.298 e. The molecule has 104 valence electrons. The summed E-state index contributed by atoms with van der Waals surface area (Å²) in [5.74, 6) is -0.594. The quantitative estimate of drug-likeness (QED) is 0.628. The second-order valence-corrected chi connectivity index (χ2v) is 4.92. The molecule has 0 unspecified atom stereocenters. The highest BCUT2D eigenvalue weighted by atomic mass is 32.2. The van der Waals surface area contributed by atoms with Crippen LogP contribution in [0.4, 0.5) is 17.6 Å². The molecule has 0 atom stereocenters. The number of alkyl halides is 3. The van der Waals surface area contributed by atoms with Gasteiger partial charge in [-0.05, 0) is 30.3 Å². The van der Waals surface area contributed by atoms with Crippen LogP contribution in [0.15, 0.2) is 46.5 Å². The van der Waals surface area contributed by atoms with Crippen LogP contribution in [0, 0.1) is 5.82 Å². The van der Waals surface area contributed by atoms with E-state index in [4.69, 9.17) is 0 Å². The first-order chi connectivity index (χ1) is 9.38. The minimum atomic E-state index is -4.44. The van der Waals surface area contributed by atoms with Gasteiger partial charge in [0.05, 0.1) is 5.56 Å². The van der Waals surface area contributed by atoms with Crippen molar-refractivity contribution < 1.29 is 22.4 Å². The summed E-state index contributed by atoms with van der Waals surface area (Å²) in [6, 6.07) is 5.77. The molecule has 0 aliphatic rings. The summed E-state index contributed by atoms with van der Waals surface area (Å²) in [5.41, 5.74) is -0.700. The van der Waals surface area contributed by atoms with Crippen LogP contribution in [0.2, 0.25) is 0 Å². The highest BCUT2D eigenvalue weighted by molar-refractivity contribution is 7.99. The van der Waals surface area contributed by atoms with Crippen LogP contribution in [-0.2, 0) is 6.18 Å². The molecule has 1 aromatic heterocycles. The molecule has 0 spiro atoms. The van der Waals surface area contributed by atoms with E-state index < -0.39 is 17.6 Å². The molecule has 1 heterocycles. The smallest absolute Gasteiger partial charge is 0.298 e. The second-order valence-electron chi connectivity index (χ2n) is 3.82. The largest absolute Gasteiger partial charge is 0.417 e. The molecule has 2 aromatic rings. The maximum absolute atomic E-state index is 13.2. The molecule has 20 heavy (non-hydrogen) atoms. The zero-order valence-corrected chi connectivity index (χ0v) is 10.6. The Hall–Kier alpha value is -1.89. The number of benzene rings is 1. The lowest BCUT2D eigenvalue weighted by Gasteiger charge is -2.07. The first kappa shape index (κ1) is 14.5. The normalized spacial score (nSPS) is 11.4. The molecule has 0 fully saturated rings. The van der Waals surface area contributed by atoms with E-state index in [1.54, 1.807) is 0 Å². The number of hydrogen-bond donors (Lipinski definition) is 0. The summed E-state index contributed by atoms with van der Waals surface area (Å²) in [7, 11) is 0. The molecule has 0 aliphatic carbocycles. The van der Waals surface area contributed by atoms with Gasteiger partial charge in [-0.3, -0.25) is 4.79 Å². The van der Waals surface area contributed by atoms with Crippen molar-refractivity contribution in [2.45, 2.75) is 16.1 Å². The van der Waals surface area contributed by atoms with Crippen molar-refractivity contribution in [3.05, 3.63) is 53.5 Å². The molecule has 0 saturated carbocycles. The molecular weight excluding hydrogens is 294 g/mol.